The van der Waals surface area contributed by atoms with E-state index in [9.17, 15) is 18.0 Å². The number of carbonyl (C=O) groups excluding carboxylic acids is 1. The van der Waals surface area contributed by atoms with Gasteiger partial charge in [-0.15, -0.1) is 0 Å². The molecule has 4 aromatic carbocycles. The minimum atomic E-state index is -4.15. The molecule has 0 radical (unpaired) electrons. The summed E-state index contributed by atoms with van der Waals surface area (Å²) in [6.45, 7) is 15.7. The Balaban J connectivity index is 1.03. The summed E-state index contributed by atoms with van der Waals surface area (Å²) in [6, 6.07) is 32.9. The van der Waals surface area contributed by atoms with Crippen molar-refractivity contribution in [3.63, 3.8) is 0 Å². The lowest BCUT2D eigenvalue weighted by Crippen LogP contribution is -2.62. The van der Waals surface area contributed by atoms with Crippen LogP contribution in [0.25, 0.3) is 32.9 Å². The zero-order valence-corrected chi connectivity index (χ0v) is 47.3. The lowest BCUT2D eigenvalue weighted by molar-refractivity contribution is -0.197. The van der Waals surface area contributed by atoms with Crippen molar-refractivity contribution < 1.29 is 36.9 Å². The SMILES string of the molecule is Cc1ccc(S(=O)(=O)n2ccc3c(-c4ccc5nc(N6CCC(N7C[C@@H](C)N(C(=O)OC(C)(C)C)C[C@@H]7C)CC6)nc([C@](COC6CCCCO6)(OC6CC6)c6cccc(OCc7ccccc7)c6)c5c4)cn(C)c(=O)c32)cc1. The van der Waals surface area contributed by atoms with Crippen LogP contribution in [0.2, 0.25) is 0 Å². The first-order valence-electron chi connectivity index (χ1n) is 28.0. The minimum absolute atomic E-state index is 0.00751. The average molecular weight is 1090 g/mol. The van der Waals surface area contributed by atoms with Crippen LogP contribution in [0.1, 0.15) is 102 Å². The van der Waals surface area contributed by atoms with Gasteiger partial charge in [-0.2, -0.15) is 0 Å². The molecule has 11 rings (SSSR count). The molecule has 3 saturated heterocycles. The van der Waals surface area contributed by atoms with Crippen LogP contribution in [0, 0.1) is 6.92 Å². The molecule has 0 bridgehead atoms. The fourth-order valence-corrected chi connectivity index (χ4v) is 12.8. The van der Waals surface area contributed by atoms with Gasteiger partial charge in [-0.25, -0.2) is 27.2 Å². The van der Waals surface area contributed by atoms with Gasteiger partial charge in [0.15, 0.2) is 11.9 Å². The van der Waals surface area contributed by atoms with Crippen molar-refractivity contribution >= 4 is 43.9 Å². The van der Waals surface area contributed by atoms with Crippen LogP contribution < -0.4 is 15.2 Å². The molecule has 1 unspecified atom stereocenters. The molecule has 1 aliphatic carbocycles. The summed E-state index contributed by atoms with van der Waals surface area (Å²) in [6.07, 6.45) is 8.56. The molecular formula is C62H73N7O9S. The van der Waals surface area contributed by atoms with E-state index in [1.165, 1.54) is 10.8 Å². The molecule has 3 aliphatic heterocycles. The zero-order chi connectivity index (χ0) is 55.2. The molecular weight excluding hydrogens is 1020 g/mol. The van der Waals surface area contributed by atoms with E-state index in [2.05, 4.69) is 29.7 Å². The highest BCUT2D eigenvalue weighted by atomic mass is 32.2. The summed E-state index contributed by atoms with van der Waals surface area (Å²) < 4.78 is 64.1. The number of aryl methyl sites for hydroxylation is 2. The van der Waals surface area contributed by atoms with Gasteiger partial charge in [0.25, 0.3) is 15.6 Å². The second-order valence-corrected chi connectivity index (χ2v) is 24.9. The first-order valence-corrected chi connectivity index (χ1v) is 29.4. The molecule has 0 spiro atoms. The number of aromatic nitrogens is 4. The number of hydrogen-bond donors (Lipinski definition) is 0. The number of anilines is 1. The third kappa shape index (κ3) is 11.4. The highest BCUT2D eigenvalue weighted by Gasteiger charge is 2.46. The smallest absolute Gasteiger partial charge is 0.410 e. The Kier molecular flexibility index (Phi) is 15.2. The Morgan fingerprint density at radius 2 is 1.59 bits per heavy atom. The molecule has 1 saturated carbocycles. The van der Waals surface area contributed by atoms with Gasteiger partial charge >= 0.3 is 6.09 Å². The predicted octanol–water partition coefficient (Wildman–Crippen LogP) is 10.3. The van der Waals surface area contributed by atoms with E-state index in [4.69, 9.17) is 33.7 Å². The van der Waals surface area contributed by atoms with E-state index in [0.717, 1.165) is 77.7 Å². The van der Waals surface area contributed by atoms with Crippen LogP contribution in [0.5, 0.6) is 5.75 Å². The lowest BCUT2D eigenvalue weighted by Gasteiger charge is -2.49. The van der Waals surface area contributed by atoms with E-state index in [-0.39, 0.29) is 47.3 Å². The molecule has 1 amide bonds. The number of carbonyl (C=O) groups is 1. The Morgan fingerprint density at radius 3 is 2.32 bits per heavy atom. The van der Waals surface area contributed by atoms with Crippen molar-refractivity contribution in [2.24, 2.45) is 7.05 Å². The number of rotatable bonds is 15. The normalized spacial score (nSPS) is 20.6. The van der Waals surface area contributed by atoms with Crippen molar-refractivity contribution in [1.29, 1.82) is 0 Å². The minimum Gasteiger partial charge on any atom is -0.489 e. The number of pyridine rings is 1. The second-order valence-electron chi connectivity index (χ2n) is 23.1. The van der Waals surface area contributed by atoms with Crippen LogP contribution in [-0.2, 0) is 48.2 Å². The molecule has 0 N–H and O–H groups in total. The van der Waals surface area contributed by atoms with Gasteiger partial charge in [0, 0.05) is 86.7 Å². The maximum absolute atomic E-state index is 14.3. The van der Waals surface area contributed by atoms with E-state index in [1.54, 1.807) is 43.6 Å². The Morgan fingerprint density at radius 1 is 0.823 bits per heavy atom. The Hall–Kier alpha value is -6.63. The van der Waals surface area contributed by atoms with Crippen molar-refractivity contribution in [2.45, 2.75) is 140 Å². The quantitative estimate of drug-likeness (QED) is 0.0955. The summed E-state index contributed by atoms with van der Waals surface area (Å²) in [5.41, 5.74) is 3.14. The van der Waals surface area contributed by atoms with Gasteiger partial charge < -0.3 is 38.1 Å². The number of benzene rings is 4. The van der Waals surface area contributed by atoms with Crippen molar-refractivity contribution in [2.75, 3.05) is 44.3 Å². The Bertz CT molecular complexity index is 3510. The summed E-state index contributed by atoms with van der Waals surface area (Å²) in [7, 11) is -2.51. The number of amides is 1. The monoisotopic (exact) mass is 1090 g/mol. The summed E-state index contributed by atoms with van der Waals surface area (Å²) in [4.78, 5) is 45.3. The number of ether oxygens (including phenoxy) is 5. The topological polar surface area (TPSA) is 160 Å². The maximum Gasteiger partial charge on any atom is 0.410 e. The zero-order valence-electron chi connectivity index (χ0n) is 46.5. The van der Waals surface area contributed by atoms with E-state index < -0.39 is 33.1 Å². The molecule has 79 heavy (non-hydrogen) atoms. The van der Waals surface area contributed by atoms with Gasteiger partial charge in [-0.1, -0.05) is 66.2 Å². The number of hydrogen-bond acceptors (Lipinski definition) is 13. The highest BCUT2D eigenvalue weighted by Crippen LogP contribution is 2.45. The van der Waals surface area contributed by atoms with E-state index in [0.29, 0.717) is 72.1 Å². The largest absolute Gasteiger partial charge is 0.489 e. The molecule has 4 aliphatic rings. The van der Waals surface area contributed by atoms with Gasteiger partial charge in [0.2, 0.25) is 5.95 Å². The third-order valence-electron chi connectivity index (χ3n) is 15.9. The molecule has 4 fully saturated rings. The van der Waals surface area contributed by atoms with Gasteiger partial charge in [-0.05, 0) is 146 Å². The van der Waals surface area contributed by atoms with Crippen molar-refractivity contribution in [3.8, 4) is 16.9 Å². The third-order valence-corrected chi connectivity index (χ3v) is 17.6. The van der Waals surface area contributed by atoms with Gasteiger partial charge in [0.05, 0.1) is 28.8 Å². The first kappa shape index (κ1) is 54.3. The standard InChI is InChI=1S/C62H73N7O9S/c1-41-19-24-50(25-20-41)79(72,73)69-32-29-51-53(38-65(7)58(70)56(51)69)45-21-26-54-52(34-45)57(64-59(63-54)66-30-27-47(28-31-66)67-36-43(3)68(37-42(67)2)60(71)78-61(4,5)6)62(77-48-22-23-48,40-76-55-18-11-12-33-74-55)46-16-13-17-49(35-46)75-39-44-14-9-8-10-15-44/h8-10,13-17,19-21,24-26,29,32,34-35,38,42-43,47-48,55H,11-12,18,22-23,27-28,30-31,33,36-37,39-40H2,1-7H3/t42-,43+,55?,62+/m0/s1. The summed E-state index contributed by atoms with van der Waals surface area (Å²) in [5.74, 6) is 1.23. The van der Waals surface area contributed by atoms with Crippen LogP contribution >= 0.6 is 0 Å². The van der Waals surface area contributed by atoms with Crippen LogP contribution in [0.3, 0.4) is 0 Å². The Labute approximate surface area is 463 Å². The average Bonchev–Trinajstić information content (AvgIpc) is 4.29. The molecule has 17 heteroatoms. The van der Waals surface area contributed by atoms with E-state index in [1.807, 2.05) is 99.3 Å². The molecule has 7 aromatic rings. The van der Waals surface area contributed by atoms with Crippen LogP contribution in [-0.4, -0.2) is 118 Å². The van der Waals surface area contributed by atoms with Crippen molar-refractivity contribution in [3.05, 3.63) is 148 Å². The molecule has 6 heterocycles. The molecule has 4 atom stereocenters. The second kappa shape index (κ2) is 22.1. The fourth-order valence-electron chi connectivity index (χ4n) is 11.5. The molecule has 3 aromatic heterocycles. The van der Waals surface area contributed by atoms with Crippen LogP contribution in [0.15, 0.2) is 125 Å². The lowest BCUT2D eigenvalue weighted by atomic mass is 9.87. The number of nitrogens with zero attached hydrogens (tertiary/aromatic N) is 7. The summed E-state index contributed by atoms with van der Waals surface area (Å²) >= 11 is 0. The van der Waals surface area contributed by atoms with E-state index >= 15 is 0 Å². The number of piperazine rings is 1. The molecule has 16 nitrogen and oxygen atoms in total. The maximum atomic E-state index is 14.3. The van der Waals surface area contributed by atoms with Crippen molar-refractivity contribution in [1.82, 2.24) is 28.3 Å². The van der Waals surface area contributed by atoms with Gasteiger partial charge in [-0.3, -0.25) is 9.69 Å². The fraction of sp³-hybridized carbons (Fsp3) is 0.452. The summed E-state index contributed by atoms with van der Waals surface area (Å²) in [5, 5.41) is 1.19. The highest BCUT2D eigenvalue weighted by molar-refractivity contribution is 7.90. The van der Waals surface area contributed by atoms with Crippen LogP contribution in [0.4, 0.5) is 10.7 Å². The number of piperidine rings is 1. The predicted molar refractivity (Wildman–Crippen MR) is 305 cm³/mol. The first-order chi connectivity index (χ1) is 37.9. The molecule has 416 valence electrons. The van der Waals surface area contributed by atoms with Gasteiger partial charge in [0.1, 0.15) is 23.5 Å². The number of fused-ring (bicyclic) bond motifs is 2.